The van der Waals surface area contributed by atoms with Crippen LogP contribution in [0.4, 0.5) is 0 Å². The van der Waals surface area contributed by atoms with E-state index < -0.39 is 0 Å². The van der Waals surface area contributed by atoms with Gasteiger partial charge in [0.2, 0.25) is 0 Å². The molecule has 0 fully saturated rings. The van der Waals surface area contributed by atoms with Crippen LogP contribution in [0, 0.1) is 6.92 Å². The van der Waals surface area contributed by atoms with Crippen LogP contribution in [0.25, 0.3) is 11.3 Å². The van der Waals surface area contributed by atoms with Gasteiger partial charge in [-0.2, -0.15) is 0 Å². The lowest BCUT2D eigenvalue weighted by Crippen LogP contribution is -2.00. The summed E-state index contributed by atoms with van der Waals surface area (Å²) in [6, 6.07) is 10.2. The maximum Gasteiger partial charge on any atom is 0.116 e. The molecule has 16 heavy (non-hydrogen) atoms. The molecule has 0 aliphatic carbocycles. The third-order valence-corrected chi connectivity index (χ3v) is 2.28. The van der Waals surface area contributed by atoms with E-state index in [0.717, 1.165) is 17.0 Å². The van der Waals surface area contributed by atoms with Crippen molar-refractivity contribution in [3.63, 3.8) is 0 Å². The maximum atomic E-state index is 5.53. The van der Waals surface area contributed by atoms with Gasteiger partial charge in [-0.3, -0.25) is 0 Å². The highest BCUT2D eigenvalue weighted by Crippen LogP contribution is 2.17. The molecular formula is C12H14ClN3. The second-order valence-corrected chi connectivity index (χ2v) is 3.46. The number of rotatable bonds is 2. The van der Waals surface area contributed by atoms with Crippen molar-refractivity contribution in [2.75, 3.05) is 0 Å². The summed E-state index contributed by atoms with van der Waals surface area (Å²) in [6.07, 6.45) is 1.55. The summed E-state index contributed by atoms with van der Waals surface area (Å²) in [4.78, 5) is 8.29. The molecule has 1 heterocycles. The van der Waals surface area contributed by atoms with Crippen LogP contribution in [0.1, 0.15) is 11.3 Å². The fourth-order valence-corrected chi connectivity index (χ4v) is 1.39. The molecule has 0 atom stereocenters. The molecule has 0 spiro atoms. The van der Waals surface area contributed by atoms with Gasteiger partial charge >= 0.3 is 0 Å². The van der Waals surface area contributed by atoms with E-state index in [0.29, 0.717) is 6.54 Å². The largest absolute Gasteiger partial charge is 0.325 e. The van der Waals surface area contributed by atoms with Crippen molar-refractivity contribution in [2.45, 2.75) is 13.5 Å². The Morgan fingerprint density at radius 1 is 1.12 bits per heavy atom. The molecule has 2 aromatic rings. The predicted octanol–water partition coefficient (Wildman–Crippen LogP) is 2.33. The minimum absolute atomic E-state index is 0. The molecule has 0 saturated heterocycles. The van der Waals surface area contributed by atoms with Crippen molar-refractivity contribution in [1.29, 1.82) is 0 Å². The van der Waals surface area contributed by atoms with Crippen molar-refractivity contribution >= 4 is 12.4 Å². The zero-order valence-corrected chi connectivity index (χ0v) is 9.87. The van der Waals surface area contributed by atoms with E-state index in [1.165, 1.54) is 5.56 Å². The standard InChI is InChI=1S/C12H13N3.ClH/c1-9-2-4-10(5-3-9)12-6-11(7-13)14-8-15-12;/h2-6,8H,7,13H2,1H3;1H. The van der Waals surface area contributed by atoms with E-state index in [1.807, 2.05) is 6.07 Å². The van der Waals surface area contributed by atoms with Crippen molar-refractivity contribution < 1.29 is 0 Å². The topological polar surface area (TPSA) is 51.8 Å². The second kappa shape index (κ2) is 5.58. The van der Waals surface area contributed by atoms with Crippen LogP contribution < -0.4 is 5.73 Å². The molecule has 84 valence electrons. The van der Waals surface area contributed by atoms with Crippen LogP contribution in [-0.4, -0.2) is 9.97 Å². The highest BCUT2D eigenvalue weighted by atomic mass is 35.5. The van der Waals surface area contributed by atoms with Gasteiger partial charge in [-0.15, -0.1) is 12.4 Å². The summed E-state index contributed by atoms with van der Waals surface area (Å²) in [5.41, 5.74) is 9.65. The molecule has 2 N–H and O–H groups in total. The Kier molecular flexibility index (Phi) is 4.40. The van der Waals surface area contributed by atoms with Crippen molar-refractivity contribution in [1.82, 2.24) is 9.97 Å². The van der Waals surface area contributed by atoms with Gasteiger partial charge in [0.15, 0.2) is 0 Å². The van der Waals surface area contributed by atoms with Crippen LogP contribution >= 0.6 is 12.4 Å². The summed E-state index contributed by atoms with van der Waals surface area (Å²) in [5.74, 6) is 0. The third kappa shape index (κ3) is 2.78. The summed E-state index contributed by atoms with van der Waals surface area (Å²) in [5, 5.41) is 0. The fraction of sp³-hybridized carbons (Fsp3) is 0.167. The molecule has 3 nitrogen and oxygen atoms in total. The first kappa shape index (κ1) is 12.6. The third-order valence-electron chi connectivity index (χ3n) is 2.28. The first-order valence-electron chi connectivity index (χ1n) is 4.87. The lowest BCUT2D eigenvalue weighted by molar-refractivity contribution is 0.966. The summed E-state index contributed by atoms with van der Waals surface area (Å²) in [7, 11) is 0. The normalized spacial score (nSPS) is 9.62. The fourth-order valence-electron chi connectivity index (χ4n) is 1.39. The minimum atomic E-state index is 0. The van der Waals surface area contributed by atoms with Crippen molar-refractivity contribution in [3.05, 3.63) is 47.9 Å². The second-order valence-electron chi connectivity index (χ2n) is 3.46. The van der Waals surface area contributed by atoms with Gasteiger partial charge in [-0.25, -0.2) is 9.97 Å². The lowest BCUT2D eigenvalue weighted by Gasteiger charge is -2.02. The molecule has 2 rings (SSSR count). The molecule has 1 aromatic carbocycles. The molecule has 4 heteroatoms. The van der Waals surface area contributed by atoms with Gasteiger partial charge in [-0.1, -0.05) is 29.8 Å². The Hall–Kier alpha value is -1.45. The van der Waals surface area contributed by atoms with Gasteiger partial charge in [0.25, 0.3) is 0 Å². The zero-order valence-electron chi connectivity index (χ0n) is 9.05. The Bertz CT molecular complexity index is 454. The van der Waals surface area contributed by atoms with E-state index >= 15 is 0 Å². The molecule has 1 aromatic heterocycles. The number of benzene rings is 1. The summed E-state index contributed by atoms with van der Waals surface area (Å²) in [6.45, 7) is 2.51. The van der Waals surface area contributed by atoms with Gasteiger partial charge in [0, 0.05) is 12.1 Å². The van der Waals surface area contributed by atoms with E-state index in [-0.39, 0.29) is 12.4 Å². The quantitative estimate of drug-likeness (QED) is 0.869. The predicted molar refractivity (Wildman–Crippen MR) is 67.3 cm³/mol. The number of halogens is 1. The zero-order chi connectivity index (χ0) is 10.7. The molecule has 0 bridgehead atoms. The number of aryl methyl sites for hydroxylation is 1. The molecule has 0 aliphatic heterocycles. The first-order valence-corrected chi connectivity index (χ1v) is 4.87. The summed E-state index contributed by atoms with van der Waals surface area (Å²) < 4.78 is 0. The molecule has 0 radical (unpaired) electrons. The SMILES string of the molecule is Cc1ccc(-c2cc(CN)ncn2)cc1.Cl. The average molecular weight is 236 g/mol. The smallest absolute Gasteiger partial charge is 0.116 e. The van der Waals surface area contributed by atoms with Gasteiger partial charge in [-0.05, 0) is 13.0 Å². The average Bonchev–Trinajstić information content (AvgIpc) is 2.30. The Morgan fingerprint density at radius 2 is 1.81 bits per heavy atom. The molecule has 0 aliphatic rings. The van der Waals surface area contributed by atoms with E-state index in [2.05, 4.69) is 41.2 Å². The number of hydrogen-bond donors (Lipinski definition) is 1. The van der Waals surface area contributed by atoms with E-state index in [1.54, 1.807) is 6.33 Å². The van der Waals surface area contributed by atoms with E-state index in [4.69, 9.17) is 5.73 Å². The van der Waals surface area contributed by atoms with Crippen molar-refractivity contribution in [3.8, 4) is 11.3 Å². The lowest BCUT2D eigenvalue weighted by atomic mass is 10.1. The van der Waals surface area contributed by atoms with Crippen LogP contribution in [0.15, 0.2) is 36.7 Å². The number of hydrogen-bond acceptors (Lipinski definition) is 3. The number of nitrogens with two attached hydrogens (primary N) is 1. The Balaban J connectivity index is 0.00000128. The first-order chi connectivity index (χ1) is 7.29. The Morgan fingerprint density at radius 3 is 2.44 bits per heavy atom. The number of nitrogens with zero attached hydrogens (tertiary/aromatic N) is 2. The number of aromatic nitrogens is 2. The highest BCUT2D eigenvalue weighted by molar-refractivity contribution is 5.85. The van der Waals surface area contributed by atoms with Crippen LogP contribution in [-0.2, 0) is 6.54 Å². The van der Waals surface area contributed by atoms with Crippen LogP contribution in [0.5, 0.6) is 0 Å². The highest BCUT2D eigenvalue weighted by Gasteiger charge is 2.00. The molecule has 0 saturated carbocycles. The van der Waals surface area contributed by atoms with E-state index in [9.17, 15) is 0 Å². The maximum absolute atomic E-state index is 5.53. The Labute approximate surface area is 101 Å². The summed E-state index contributed by atoms with van der Waals surface area (Å²) >= 11 is 0. The molecule has 0 amide bonds. The van der Waals surface area contributed by atoms with Gasteiger partial charge in [0.05, 0.1) is 11.4 Å². The molecular weight excluding hydrogens is 222 g/mol. The van der Waals surface area contributed by atoms with Gasteiger partial charge in [0.1, 0.15) is 6.33 Å². The monoisotopic (exact) mass is 235 g/mol. The molecule has 0 unspecified atom stereocenters. The van der Waals surface area contributed by atoms with Gasteiger partial charge < -0.3 is 5.73 Å². The minimum Gasteiger partial charge on any atom is -0.325 e. The van der Waals surface area contributed by atoms with Crippen LogP contribution in [0.2, 0.25) is 0 Å². The van der Waals surface area contributed by atoms with Crippen molar-refractivity contribution in [2.24, 2.45) is 5.73 Å². The van der Waals surface area contributed by atoms with Crippen LogP contribution in [0.3, 0.4) is 0 Å².